The smallest absolute Gasteiger partial charge is 0.319 e. The first-order valence-electron chi connectivity index (χ1n) is 10.7. The van der Waals surface area contributed by atoms with Gasteiger partial charge in [-0.25, -0.2) is 4.79 Å². The summed E-state index contributed by atoms with van der Waals surface area (Å²) in [6.45, 7) is 4.13. The van der Waals surface area contributed by atoms with Gasteiger partial charge in [-0.1, -0.05) is 37.5 Å². The van der Waals surface area contributed by atoms with Crippen LogP contribution in [0.3, 0.4) is 0 Å². The van der Waals surface area contributed by atoms with Gasteiger partial charge < -0.3 is 15.5 Å². The van der Waals surface area contributed by atoms with Crippen molar-refractivity contribution in [2.24, 2.45) is 0 Å². The molecule has 1 saturated carbocycles. The van der Waals surface area contributed by atoms with E-state index in [1.165, 1.54) is 32.1 Å². The number of carbonyl (C=O) groups excluding carboxylic acids is 2. The van der Waals surface area contributed by atoms with Crippen LogP contribution in [0.25, 0.3) is 0 Å². The first kappa shape index (κ1) is 20.6. The van der Waals surface area contributed by atoms with E-state index in [-0.39, 0.29) is 18.0 Å². The van der Waals surface area contributed by atoms with E-state index in [1.54, 1.807) is 0 Å². The molecule has 154 valence electrons. The van der Waals surface area contributed by atoms with Crippen molar-refractivity contribution in [1.29, 1.82) is 0 Å². The monoisotopic (exact) mass is 386 g/mol. The van der Waals surface area contributed by atoms with Crippen LogP contribution in [0.5, 0.6) is 0 Å². The Hall–Kier alpha value is -2.08. The molecule has 0 unspecified atom stereocenters. The molecule has 1 aliphatic heterocycles. The molecule has 1 aromatic carbocycles. The molecule has 2 N–H and O–H groups in total. The maximum atomic E-state index is 12.5. The highest BCUT2D eigenvalue weighted by Crippen LogP contribution is 2.24. The molecule has 2 aliphatic rings. The third-order valence-corrected chi connectivity index (χ3v) is 5.93. The molecule has 3 amide bonds. The lowest BCUT2D eigenvalue weighted by Crippen LogP contribution is -2.44. The summed E-state index contributed by atoms with van der Waals surface area (Å²) in [6.07, 6.45) is 8.05. The molecule has 1 atom stereocenters. The second-order valence-corrected chi connectivity index (χ2v) is 8.31. The summed E-state index contributed by atoms with van der Waals surface area (Å²) in [4.78, 5) is 28.5. The summed E-state index contributed by atoms with van der Waals surface area (Å²) in [7, 11) is 2.18. The van der Waals surface area contributed by atoms with Crippen molar-refractivity contribution < 1.29 is 9.59 Å². The Balaban J connectivity index is 1.53. The largest absolute Gasteiger partial charge is 0.341 e. The number of amides is 3. The minimum absolute atomic E-state index is 0.0841. The molecular formula is C22H34N4O2. The van der Waals surface area contributed by atoms with E-state index in [9.17, 15) is 9.59 Å². The summed E-state index contributed by atoms with van der Waals surface area (Å²) in [5.74, 6) is 0.185. The standard InChI is InChI=1S/C22H34N4O2/c1-17(15-26-14-8-13-21(26)27)23-22(28)24-20-12-7-6-9-18(20)16-25(2)19-10-4-3-5-11-19/h6-7,9,12,17,19H,3-5,8,10-11,13-16H2,1-2H3,(H2,23,24,28)/t17-/m0/s1. The van der Waals surface area contributed by atoms with Gasteiger partial charge in [-0.05, 0) is 44.9 Å². The van der Waals surface area contributed by atoms with Crippen molar-refractivity contribution in [1.82, 2.24) is 15.1 Å². The molecular weight excluding hydrogens is 352 g/mol. The number of likely N-dealkylation sites (tertiary alicyclic amines) is 1. The third-order valence-electron chi connectivity index (χ3n) is 5.93. The predicted octanol–water partition coefficient (Wildman–Crippen LogP) is 3.58. The zero-order valence-corrected chi connectivity index (χ0v) is 17.2. The molecule has 1 aromatic rings. The number of hydrogen-bond donors (Lipinski definition) is 2. The van der Waals surface area contributed by atoms with Crippen LogP contribution >= 0.6 is 0 Å². The van der Waals surface area contributed by atoms with Gasteiger partial charge in [0.15, 0.2) is 0 Å². The molecule has 0 spiro atoms. The first-order valence-corrected chi connectivity index (χ1v) is 10.7. The van der Waals surface area contributed by atoms with Crippen molar-refractivity contribution in [2.75, 3.05) is 25.5 Å². The summed E-state index contributed by atoms with van der Waals surface area (Å²) in [6, 6.07) is 8.35. The third kappa shape index (κ3) is 5.71. The highest BCUT2D eigenvalue weighted by atomic mass is 16.2. The van der Waals surface area contributed by atoms with Crippen molar-refractivity contribution >= 4 is 17.6 Å². The van der Waals surface area contributed by atoms with Crippen LogP contribution < -0.4 is 10.6 Å². The van der Waals surface area contributed by atoms with Gasteiger partial charge in [0.25, 0.3) is 0 Å². The van der Waals surface area contributed by atoms with Crippen LogP contribution in [0.2, 0.25) is 0 Å². The number of para-hydroxylation sites is 1. The van der Waals surface area contributed by atoms with E-state index < -0.39 is 0 Å². The molecule has 1 aliphatic carbocycles. The van der Waals surface area contributed by atoms with Gasteiger partial charge in [0.05, 0.1) is 0 Å². The Morgan fingerprint density at radius 2 is 1.96 bits per heavy atom. The molecule has 3 rings (SSSR count). The highest BCUT2D eigenvalue weighted by Gasteiger charge is 2.23. The van der Waals surface area contributed by atoms with E-state index >= 15 is 0 Å². The van der Waals surface area contributed by atoms with Crippen LogP contribution in [-0.4, -0.2) is 54.0 Å². The summed E-state index contributed by atoms with van der Waals surface area (Å²) >= 11 is 0. The van der Waals surface area contributed by atoms with E-state index in [4.69, 9.17) is 0 Å². The lowest BCUT2D eigenvalue weighted by Gasteiger charge is -2.31. The number of rotatable bonds is 7. The molecule has 1 saturated heterocycles. The zero-order valence-electron chi connectivity index (χ0n) is 17.2. The summed E-state index contributed by atoms with van der Waals surface area (Å²) in [5, 5.41) is 5.97. The molecule has 6 heteroatoms. The van der Waals surface area contributed by atoms with Crippen LogP contribution in [0, 0.1) is 0 Å². The van der Waals surface area contributed by atoms with E-state index in [0.717, 1.165) is 30.8 Å². The highest BCUT2D eigenvalue weighted by molar-refractivity contribution is 5.90. The van der Waals surface area contributed by atoms with E-state index in [1.807, 2.05) is 30.0 Å². The van der Waals surface area contributed by atoms with Crippen LogP contribution in [-0.2, 0) is 11.3 Å². The van der Waals surface area contributed by atoms with E-state index in [0.29, 0.717) is 19.0 Å². The molecule has 6 nitrogen and oxygen atoms in total. The van der Waals surface area contributed by atoms with Gasteiger partial charge in [0, 0.05) is 43.8 Å². The fourth-order valence-electron chi connectivity index (χ4n) is 4.36. The number of nitrogens with zero attached hydrogens (tertiary/aromatic N) is 2. The Kier molecular flexibility index (Phi) is 7.31. The molecule has 2 fully saturated rings. The molecule has 28 heavy (non-hydrogen) atoms. The summed E-state index contributed by atoms with van der Waals surface area (Å²) in [5.41, 5.74) is 1.99. The van der Waals surface area contributed by atoms with E-state index in [2.05, 4.69) is 28.6 Å². The average molecular weight is 387 g/mol. The number of anilines is 1. The van der Waals surface area contributed by atoms with Crippen LogP contribution in [0.1, 0.15) is 57.4 Å². The van der Waals surface area contributed by atoms with Crippen molar-refractivity contribution in [3.8, 4) is 0 Å². The second kappa shape index (κ2) is 9.92. The lowest BCUT2D eigenvalue weighted by atomic mass is 9.94. The normalized spacial score (nSPS) is 19.1. The topological polar surface area (TPSA) is 64.7 Å². The minimum Gasteiger partial charge on any atom is -0.341 e. The maximum Gasteiger partial charge on any atom is 0.319 e. The Morgan fingerprint density at radius 3 is 2.68 bits per heavy atom. The van der Waals surface area contributed by atoms with Crippen molar-refractivity contribution in [2.45, 2.75) is 70.5 Å². The van der Waals surface area contributed by atoms with Crippen molar-refractivity contribution in [3.05, 3.63) is 29.8 Å². The Labute approximate surface area is 168 Å². The molecule has 0 aromatic heterocycles. The minimum atomic E-state index is -0.216. The zero-order chi connectivity index (χ0) is 19.9. The SMILES string of the molecule is C[C@@H](CN1CCCC1=O)NC(=O)Nc1ccccc1CN(C)C1CCCCC1. The fourth-order valence-corrected chi connectivity index (χ4v) is 4.36. The van der Waals surface area contributed by atoms with Crippen LogP contribution in [0.15, 0.2) is 24.3 Å². The number of carbonyl (C=O) groups is 2. The van der Waals surface area contributed by atoms with Gasteiger partial charge >= 0.3 is 6.03 Å². The van der Waals surface area contributed by atoms with Gasteiger partial charge in [-0.3, -0.25) is 9.69 Å². The molecule has 1 heterocycles. The number of benzene rings is 1. The maximum absolute atomic E-state index is 12.5. The Morgan fingerprint density at radius 1 is 1.21 bits per heavy atom. The van der Waals surface area contributed by atoms with Crippen molar-refractivity contribution in [3.63, 3.8) is 0 Å². The quantitative estimate of drug-likeness (QED) is 0.753. The second-order valence-electron chi connectivity index (χ2n) is 8.31. The number of urea groups is 1. The van der Waals surface area contributed by atoms with Gasteiger partial charge in [0.2, 0.25) is 5.91 Å². The fraction of sp³-hybridized carbons (Fsp3) is 0.636. The van der Waals surface area contributed by atoms with Gasteiger partial charge in [-0.2, -0.15) is 0 Å². The first-order chi connectivity index (χ1) is 13.5. The molecule has 0 radical (unpaired) electrons. The number of hydrogen-bond acceptors (Lipinski definition) is 3. The van der Waals surface area contributed by atoms with Gasteiger partial charge in [0.1, 0.15) is 0 Å². The average Bonchev–Trinajstić information content (AvgIpc) is 3.08. The molecule has 0 bridgehead atoms. The predicted molar refractivity (Wildman–Crippen MR) is 112 cm³/mol. The Bertz CT molecular complexity index is 672. The lowest BCUT2D eigenvalue weighted by molar-refractivity contribution is -0.127. The van der Waals surface area contributed by atoms with Crippen LogP contribution in [0.4, 0.5) is 10.5 Å². The van der Waals surface area contributed by atoms with Gasteiger partial charge in [-0.15, -0.1) is 0 Å². The number of nitrogens with one attached hydrogen (secondary N) is 2. The summed E-state index contributed by atoms with van der Waals surface area (Å²) < 4.78 is 0.